The smallest absolute Gasteiger partial charge is 0.309 e. The average molecular weight is 591 g/mol. The lowest BCUT2D eigenvalue weighted by Gasteiger charge is -2.33. The molecule has 3 atom stereocenters. The molecule has 0 saturated heterocycles. The van der Waals surface area contributed by atoms with Crippen molar-refractivity contribution in [1.29, 1.82) is 0 Å². The van der Waals surface area contributed by atoms with Gasteiger partial charge in [-0.05, 0) is 48.6 Å². The molecule has 0 fully saturated rings. The molecule has 2 aromatic rings. The fourth-order valence-corrected chi connectivity index (χ4v) is 4.83. The molecule has 0 radical (unpaired) electrons. The Kier molecular flexibility index (Phi) is 15.5. The number of esters is 1. The molecule has 7 nitrogen and oxygen atoms in total. The van der Waals surface area contributed by atoms with Gasteiger partial charge in [0.05, 0.1) is 24.5 Å². The molecule has 0 aliphatic rings. The number of benzene rings is 2. The number of ether oxygens (including phenoxy) is 1. The molecule has 0 saturated carbocycles. The minimum atomic E-state index is -0.646. The van der Waals surface area contributed by atoms with Crippen molar-refractivity contribution < 1.29 is 24.2 Å². The van der Waals surface area contributed by atoms with Gasteiger partial charge in [0.1, 0.15) is 6.61 Å². The molecule has 2 rings (SSSR count). The predicted molar refractivity (Wildman–Crippen MR) is 172 cm³/mol. The van der Waals surface area contributed by atoms with Crippen LogP contribution in [0.4, 0.5) is 0 Å². The molecule has 0 bridgehead atoms. The normalized spacial score (nSPS) is 13.3. The Morgan fingerprint density at radius 3 is 2.14 bits per heavy atom. The molecule has 0 unspecified atom stereocenters. The van der Waals surface area contributed by atoms with E-state index in [-0.39, 0.29) is 49.9 Å². The van der Waals surface area contributed by atoms with Gasteiger partial charge in [-0.3, -0.25) is 14.4 Å². The molecular weight excluding hydrogens is 540 g/mol. The van der Waals surface area contributed by atoms with Crippen LogP contribution in [0, 0.1) is 17.3 Å². The van der Waals surface area contributed by atoms with Crippen LogP contribution in [-0.4, -0.2) is 53.6 Å². The maximum atomic E-state index is 13.5. The largest absolute Gasteiger partial charge is 0.463 e. The van der Waals surface area contributed by atoms with E-state index in [1.54, 1.807) is 11.0 Å². The fourth-order valence-electron chi connectivity index (χ4n) is 4.83. The second-order valence-electron chi connectivity index (χ2n) is 12.1. The summed E-state index contributed by atoms with van der Waals surface area (Å²) in [7, 11) is 0. The summed E-state index contributed by atoms with van der Waals surface area (Å²) in [6.07, 6.45) is 6.70. The highest BCUT2D eigenvalue weighted by atomic mass is 16.5. The number of carbonyl (C=O) groups excluding carboxylic acids is 3. The van der Waals surface area contributed by atoms with E-state index in [1.807, 2.05) is 87.5 Å². The third-order valence-electron chi connectivity index (χ3n) is 7.56. The molecule has 0 heterocycles. The zero-order valence-corrected chi connectivity index (χ0v) is 26.2. The highest BCUT2D eigenvalue weighted by Gasteiger charge is 2.32. The minimum absolute atomic E-state index is 0.0240. The molecule has 7 heteroatoms. The minimum Gasteiger partial charge on any atom is -0.463 e. The van der Waals surface area contributed by atoms with Crippen molar-refractivity contribution >= 4 is 17.8 Å². The van der Waals surface area contributed by atoms with Gasteiger partial charge < -0.3 is 20.1 Å². The van der Waals surface area contributed by atoms with Crippen LogP contribution in [0.5, 0.6) is 0 Å². The third-order valence-corrected chi connectivity index (χ3v) is 7.56. The van der Waals surface area contributed by atoms with Crippen LogP contribution in [0.1, 0.15) is 64.0 Å². The Labute approximate surface area is 258 Å². The van der Waals surface area contributed by atoms with Crippen molar-refractivity contribution in [3.8, 4) is 0 Å². The standard InChI is InChI=1S/C36H50N2O5/c1-6-8-11-21-31(24-28-17-12-9-13-18-28)35(42)43-27-32(36(3,4)5)37-34(41)30(16-7-2)25-33(40)38(22-23-39)26-29-19-14-10-15-20-29/h6-7,9-10,12-15,17-20,30-32,39H,1-2,8,11,16,21-27H2,3-5H3,(H,37,41)/t30-,31-,32-/m1/s1. The van der Waals surface area contributed by atoms with Crippen LogP contribution in [0.15, 0.2) is 86.0 Å². The van der Waals surface area contributed by atoms with Crippen molar-refractivity contribution in [3.63, 3.8) is 0 Å². The second-order valence-corrected chi connectivity index (χ2v) is 12.1. The first-order valence-corrected chi connectivity index (χ1v) is 15.2. The summed E-state index contributed by atoms with van der Waals surface area (Å²) in [5.74, 6) is -1.74. The molecule has 0 aromatic heterocycles. The number of hydrogen-bond acceptors (Lipinski definition) is 5. The van der Waals surface area contributed by atoms with Gasteiger partial charge in [0.15, 0.2) is 0 Å². The fraction of sp³-hybridized carbons (Fsp3) is 0.472. The zero-order chi connectivity index (χ0) is 31.7. The molecule has 43 heavy (non-hydrogen) atoms. The Hall–Kier alpha value is -3.71. The summed E-state index contributed by atoms with van der Waals surface area (Å²) in [5.41, 5.74) is 1.61. The summed E-state index contributed by atoms with van der Waals surface area (Å²) in [6.45, 7) is 13.9. The van der Waals surface area contributed by atoms with E-state index in [4.69, 9.17) is 4.74 Å². The summed E-state index contributed by atoms with van der Waals surface area (Å²) in [6, 6.07) is 19.0. The molecule has 234 valence electrons. The first kappa shape index (κ1) is 35.5. The first-order chi connectivity index (χ1) is 20.6. The van der Waals surface area contributed by atoms with Gasteiger partial charge in [0, 0.05) is 19.5 Å². The zero-order valence-electron chi connectivity index (χ0n) is 26.2. The molecule has 2 aromatic carbocycles. The van der Waals surface area contributed by atoms with Gasteiger partial charge in [-0.1, -0.05) is 93.6 Å². The highest BCUT2D eigenvalue weighted by molar-refractivity contribution is 5.86. The topological polar surface area (TPSA) is 95.9 Å². The van der Waals surface area contributed by atoms with E-state index in [9.17, 15) is 19.5 Å². The lowest BCUT2D eigenvalue weighted by Crippen LogP contribution is -2.50. The Morgan fingerprint density at radius 2 is 1.58 bits per heavy atom. The first-order valence-electron chi connectivity index (χ1n) is 15.2. The van der Waals surface area contributed by atoms with E-state index >= 15 is 0 Å². The number of hydrogen-bond donors (Lipinski definition) is 2. The van der Waals surface area contributed by atoms with Crippen LogP contribution in [-0.2, 0) is 32.1 Å². The van der Waals surface area contributed by atoms with Crippen LogP contribution in [0.3, 0.4) is 0 Å². The van der Waals surface area contributed by atoms with Crippen LogP contribution >= 0.6 is 0 Å². The molecule has 2 N–H and O–H groups in total. The number of rotatable bonds is 19. The van der Waals surface area contributed by atoms with Crippen molar-refractivity contribution in [2.45, 2.75) is 71.9 Å². The van der Waals surface area contributed by atoms with Gasteiger partial charge >= 0.3 is 5.97 Å². The third kappa shape index (κ3) is 13.0. The Balaban J connectivity index is 2.09. The average Bonchev–Trinajstić information content (AvgIpc) is 2.98. The quantitative estimate of drug-likeness (QED) is 0.121. The molecular formula is C36H50N2O5. The summed E-state index contributed by atoms with van der Waals surface area (Å²) in [4.78, 5) is 41.7. The van der Waals surface area contributed by atoms with Gasteiger partial charge in [-0.25, -0.2) is 0 Å². The van der Waals surface area contributed by atoms with Crippen LogP contribution in [0.2, 0.25) is 0 Å². The SMILES string of the molecule is C=CCCC[C@H](Cc1ccccc1)C(=O)OC[C@@H](NC(=O)[C@H](CC=C)CC(=O)N(CCO)Cc1ccccc1)C(C)(C)C. The van der Waals surface area contributed by atoms with Gasteiger partial charge in [-0.2, -0.15) is 0 Å². The maximum Gasteiger partial charge on any atom is 0.309 e. The molecule has 0 spiro atoms. The summed E-state index contributed by atoms with van der Waals surface area (Å²) < 4.78 is 5.85. The van der Waals surface area contributed by atoms with Crippen molar-refractivity contribution in [3.05, 3.63) is 97.1 Å². The van der Waals surface area contributed by atoms with E-state index in [0.29, 0.717) is 25.8 Å². The van der Waals surface area contributed by atoms with E-state index in [1.165, 1.54) is 0 Å². The van der Waals surface area contributed by atoms with Gasteiger partial charge in [-0.15, -0.1) is 13.2 Å². The second kappa shape index (κ2) is 18.7. The van der Waals surface area contributed by atoms with Crippen molar-refractivity contribution in [1.82, 2.24) is 10.2 Å². The molecule has 0 aliphatic carbocycles. The Morgan fingerprint density at radius 1 is 0.953 bits per heavy atom. The van der Waals surface area contributed by atoms with E-state index in [2.05, 4.69) is 18.5 Å². The lowest BCUT2D eigenvalue weighted by molar-refractivity contribution is -0.151. The van der Waals surface area contributed by atoms with Crippen LogP contribution < -0.4 is 5.32 Å². The lowest BCUT2D eigenvalue weighted by atomic mass is 9.86. The van der Waals surface area contributed by atoms with Crippen molar-refractivity contribution in [2.75, 3.05) is 19.8 Å². The van der Waals surface area contributed by atoms with E-state index < -0.39 is 17.4 Å². The van der Waals surface area contributed by atoms with Crippen LogP contribution in [0.25, 0.3) is 0 Å². The molecule has 2 amide bonds. The maximum absolute atomic E-state index is 13.5. The molecule has 0 aliphatic heterocycles. The summed E-state index contributed by atoms with van der Waals surface area (Å²) >= 11 is 0. The van der Waals surface area contributed by atoms with Crippen molar-refractivity contribution in [2.24, 2.45) is 17.3 Å². The number of carbonyl (C=O) groups is 3. The van der Waals surface area contributed by atoms with Gasteiger partial charge in [0.25, 0.3) is 0 Å². The predicted octanol–water partition coefficient (Wildman–Crippen LogP) is 5.88. The number of nitrogens with zero attached hydrogens (tertiary/aromatic N) is 1. The Bertz CT molecular complexity index is 1140. The number of allylic oxidation sites excluding steroid dienone is 2. The number of nitrogens with one attached hydrogen (secondary N) is 1. The van der Waals surface area contributed by atoms with Gasteiger partial charge in [0.2, 0.25) is 11.8 Å². The monoisotopic (exact) mass is 590 g/mol. The summed E-state index contributed by atoms with van der Waals surface area (Å²) in [5, 5.41) is 12.6. The number of aliphatic hydroxyl groups is 1. The number of amides is 2. The number of unbranched alkanes of at least 4 members (excludes halogenated alkanes) is 1. The van der Waals surface area contributed by atoms with E-state index in [0.717, 1.165) is 24.0 Å². The highest BCUT2D eigenvalue weighted by Crippen LogP contribution is 2.23. The number of aliphatic hydroxyl groups excluding tert-OH is 1.